The lowest BCUT2D eigenvalue weighted by Crippen LogP contribution is -2.02. The first-order chi connectivity index (χ1) is 21.7. The molecule has 0 heterocycles. The highest BCUT2D eigenvalue weighted by atomic mass is 16.5. The van der Waals surface area contributed by atoms with Crippen LogP contribution < -0.4 is 9.47 Å². The first-order valence-electron chi connectivity index (χ1n) is 16.2. The summed E-state index contributed by atoms with van der Waals surface area (Å²) in [6, 6.07) is 32.1. The zero-order valence-corrected chi connectivity index (χ0v) is 26.3. The molecule has 0 aromatic heterocycles. The SMILES string of the molecule is CCCCCc1ccc(N=Nc2ccc(OCCCCOc3ccc(N=Nc4ccc(CCCCC)cc4)cc3)cc2)cc1. The Morgan fingerprint density at radius 3 is 1.02 bits per heavy atom. The maximum Gasteiger partial charge on any atom is 0.119 e. The number of azo groups is 2. The second-order valence-corrected chi connectivity index (χ2v) is 11.0. The quantitative estimate of drug-likeness (QED) is 0.0805. The van der Waals surface area contributed by atoms with E-state index in [-0.39, 0.29) is 0 Å². The van der Waals surface area contributed by atoms with E-state index >= 15 is 0 Å². The minimum absolute atomic E-state index is 0.633. The molecule has 0 radical (unpaired) electrons. The van der Waals surface area contributed by atoms with Crippen molar-refractivity contribution in [3.8, 4) is 11.5 Å². The molecule has 0 spiro atoms. The van der Waals surface area contributed by atoms with Gasteiger partial charge in [-0.25, -0.2) is 0 Å². The highest BCUT2D eigenvalue weighted by Crippen LogP contribution is 2.24. The third-order valence-corrected chi connectivity index (χ3v) is 7.32. The van der Waals surface area contributed by atoms with Crippen molar-refractivity contribution in [3.63, 3.8) is 0 Å². The number of nitrogens with zero attached hydrogens (tertiary/aromatic N) is 4. The van der Waals surface area contributed by atoms with Gasteiger partial charge in [0, 0.05) is 0 Å². The summed E-state index contributed by atoms with van der Waals surface area (Å²) in [5.74, 6) is 1.66. The van der Waals surface area contributed by atoms with Gasteiger partial charge in [0.15, 0.2) is 0 Å². The van der Waals surface area contributed by atoms with E-state index in [1.54, 1.807) is 0 Å². The fraction of sp³-hybridized carbons (Fsp3) is 0.368. The van der Waals surface area contributed by atoms with Gasteiger partial charge in [0.2, 0.25) is 0 Å². The Bertz CT molecular complexity index is 1290. The van der Waals surface area contributed by atoms with Gasteiger partial charge in [0.1, 0.15) is 11.5 Å². The van der Waals surface area contributed by atoms with Crippen molar-refractivity contribution in [1.29, 1.82) is 0 Å². The number of rotatable bonds is 19. The van der Waals surface area contributed by atoms with Crippen molar-refractivity contribution in [2.75, 3.05) is 13.2 Å². The molecule has 4 rings (SSSR count). The Labute approximate surface area is 263 Å². The molecule has 0 bridgehead atoms. The van der Waals surface area contributed by atoms with Gasteiger partial charge in [-0.05, 0) is 122 Å². The Morgan fingerprint density at radius 2 is 0.705 bits per heavy atom. The summed E-state index contributed by atoms with van der Waals surface area (Å²) in [5, 5.41) is 17.4. The minimum atomic E-state index is 0.633. The van der Waals surface area contributed by atoms with Crippen molar-refractivity contribution >= 4 is 22.7 Å². The monoisotopic (exact) mass is 590 g/mol. The Hall–Kier alpha value is -4.32. The number of hydrogen-bond acceptors (Lipinski definition) is 6. The van der Waals surface area contributed by atoms with Crippen molar-refractivity contribution in [2.24, 2.45) is 20.5 Å². The molecule has 0 amide bonds. The lowest BCUT2D eigenvalue weighted by molar-refractivity contribution is 0.266. The highest BCUT2D eigenvalue weighted by Gasteiger charge is 2.00. The van der Waals surface area contributed by atoms with E-state index in [0.717, 1.165) is 59.9 Å². The van der Waals surface area contributed by atoms with E-state index in [0.29, 0.717) is 13.2 Å². The van der Waals surface area contributed by atoms with Crippen molar-refractivity contribution in [2.45, 2.75) is 78.1 Å². The third-order valence-electron chi connectivity index (χ3n) is 7.32. The molecule has 0 saturated heterocycles. The molecular weight excluding hydrogens is 544 g/mol. The molecule has 0 aliphatic rings. The number of aryl methyl sites for hydroxylation is 2. The van der Waals surface area contributed by atoms with E-state index in [1.807, 2.05) is 72.8 Å². The van der Waals surface area contributed by atoms with Gasteiger partial charge in [0.05, 0.1) is 36.0 Å². The maximum absolute atomic E-state index is 5.89. The van der Waals surface area contributed by atoms with Gasteiger partial charge in [-0.3, -0.25) is 0 Å². The average Bonchev–Trinajstić information content (AvgIpc) is 3.07. The zero-order valence-electron chi connectivity index (χ0n) is 26.3. The van der Waals surface area contributed by atoms with Crippen LogP contribution >= 0.6 is 0 Å². The molecule has 6 nitrogen and oxygen atoms in total. The fourth-order valence-corrected chi connectivity index (χ4v) is 4.65. The predicted octanol–water partition coefficient (Wildman–Crippen LogP) is 12.2. The Morgan fingerprint density at radius 1 is 0.386 bits per heavy atom. The van der Waals surface area contributed by atoms with Crippen LogP contribution in [0.3, 0.4) is 0 Å². The van der Waals surface area contributed by atoms with Crippen LogP contribution in [0.2, 0.25) is 0 Å². The van der Waals surface area contributed by atoms with Crippen LogP contribution in [-0.4, -0.2) is 13.2 Å². The van der Waals surface area contributed by atoms with Gasteiger partial charge in [-0.2, -0.15) is 20.5 Å². The number of benzene rings is 4. The second-order valence-electron chi connectivity index (χ2n) is 11.0. The summed E-state index contributed by atoms with van der Waals surface area (Å²) in [6.45, 7) is 5.72. The zero-order chi connectivity index (χ0) is 30.7. The molecule has 230 valence electrons. The van der Waals surface area contributed by atoms with E-state index in [4.69, 9.17) is 9.47 Å². The molecule has 0 aliphatic carbocycles. The highest BCUT2D eigenvalue weighted by molar-refractivity contribution is 5.44. The predicted molar refractivity (Wildman–Crippen MR) is 181 cm³/mol. The van der Waals surface area contributed by atoms with Crippen LogP contribution in [0.4, 0.5) is 22.7 Å². The average molecular weight is 591 g/mol. The number of ether oxygens (including phenoxy) is 2. The van der Waals surface area contributed by atoms with E-state index in [1.165, 1.54) is 49.7 Å². The summed E-state index contributed by atoms with van der Waals surface area (Å²) in [7, 11) is 0. The molecule has 0 unspecified atom stereocenters. The van der Waals surface area contributed by atoms with E-state index < -0.39 is 0 Å². The van der Waals surface area contributed by atoms with Gasteiger partial charge in [-0.15, -0.1) is 0 Å². The molecule has 0 N–H and O–H groups in total. The van der Waals surface area contributed by atoms with Crippen LogP contribution in [-0.2, 0) is 12.8 Å². The largest absolute Gasteiger partial charge is 0.494 e. The van der Waals surface area contributed by atoms with Crippen LogP contribution in [0.15, 0.2) is 118 Å². The van der Waals surface area contributed by atoms with Gasteiger partial charge >= 0.3 is 0 Å². The van der Waals surface area contributed by atoms with E-state index in [9.17, 15) is 0 Å². The molecule has 4 aromatic carbocycles. The lowest BCUT2D eigenvalue weighted by Gasteiger charge is -2.08. The smallest absolute Gasteiger partial charge is 0.119 e. The van der Waals surface area contributed by atoms with Crippen LogP contribution in [0.25, 0.3) is 0 Å². The molecular formula is C38H46N4O2. The van der Waals surface area contributed by atoms with E-state index in [2.05, 4.69) is 58.6 Å². The first kappa shape index (κ1) is 32.6. The molecule has 0 saturated carbocycles. The van der Waals surface area contributed by atoms with Gasteiger partial charge in [-0.1, -0.05) is 63.8 Å². The molecule has 6 heteroatoms. The van der Waals surface area contributed by atoms with Gasteiger partial charge < -0.3 is 9.47 Å². The van der Waals surface area contributed by atoms with Crippen LogP contribution in [0.1, 0.15) is 76.3 Å². The summed E-state index contributed by atoms with van der Waals surface area (Å²) in [5.41, 5.74) is 6.04. The summed E-state index contributed by atoms with van der Waals surface area (Å²) in [6.07, 6.45) is 11.6. The minimum Gasteiger partial charge on any atom is -0.494 e. The normalized spacial score (nSPS) is 11.4. The molecule has 44 heavy (non-hydrogen) atoms. The summed E-state index contributed by atoms with van der Waals surface area (Å²) >= 11 is 0. The number of unbranched alkanes of at least 4 members (excludes halogenated alkanes) is 5. The lowest BCUT2D eigenvalue weighted by atomic mass is 10.1. The summed E-state index contributed by atoms with van der Waals surface area (Å²) in [4.78, 5) is 0. The third kappa shape index (κ3) is 12.1. The number of hydrogen-bond donors (Lipinski definition) is 0. The molecule has 0 fully saturated rings. The van der Waals surface area contributed by atoms with Crippen LogP contribution in [0.5, 0.6) is 11.5 Å². The van der Waals surface area contributed by atoms with Gasteiger partial charge in [0.25, 0.3) is 0 Å². The fourth-order valence-electron chi connectivity index (χ4n) is 4.65. The topological polar surface area (TPSA) is 67.9 Å². The first-order valence-corrected chi connectivity index (χ1v) is 16.2. The van der Waals surface area contributed by atoms with Crippen molar-refractivity contribution in [1.82, 2.24) is 0 Å². The maximum atomic E-state index is 5.89. The molecule has 4 aromatic rings. The molecule has 0 atom stereocenters. The second kappa shape index (κ2) is 19.1. The van der Waals surface area contributed by atoms with Crippen molar-refractivity contribution in [3.05, 3.63) is 108 Å². The Kier molecular flexibility index (Phi) is 14.1. The standard InChI is InChI=1S/C38H46N4O2/c1-3-5-7-11-31-13-17-33(18-14-31)39-41-35-21-25-37(26-22-35)43-29-9-10-30-44-38-27-23-36(24-28-38)42-40-34-19-15-32(16-20-34)12-8-6-4-2/h13-28H,3-12,29-30H2,1-2H3. The van der Waals surface area contributed by atoms with Crippen molar-refractivity contribution < 1.29 is 9.47 Å². The molecule has 0 aliphatic heterocycles. The summed E-state index contributed by atoms with van der Waals surface area (Å²) < 4.78 is 11.8. The van der Waals surface area contributed by atoms with Crippen LogP contribution in [0, 0.1) is 0 Å². The Balaban J connectivity index is 1.09.